The lowest BCUT2D eigenvalue weighted by atomic mass is 10.0. The number of hydrogen-bond donors (Lipinski definition) is 1. The third-order valence-electron chi connectivity index (χ3n) is 5.23. The Labute approximate surface area is 168 Å². The maximum absolute atomic E-state index is 12.8. The third kappa shape index (κ3) is 3.33. The second-order valence-corrected chi connectivity index (χ2v) is 8.21. The lowest BCUT2D eigenvalue weighted by molar-refractivity contribution is 0.0652. The van der Waals surface area contributed by atoms with Crippen molar-refractivity contribution in [1.82, 2.24) is 10.2 Å². The van der Waals surface area contributed by atoms with Crippen LogP contribution >= 0.6 is 11.8 Å². The zero-order valence-corrected chi connectivity index (χ0v) is 16.6. The van der Waals surface area contributed by atoms with E-state index in [4.69, 9.17) is 0 Å². The van der Waals surface area contributed by atoms with Crippen LogP contribution in [0.15, 0.2) is 47.4 Å². The number of benzene rings is 2. The van der Waals surface area contributed by atoms with Crippen LogP contribution in [0.4, 0.5) is 0 Å². The molecule has 0 spiro atoms. The van der Waals surface area contributed by atoms with Gasteiger partial charge < -0.3 is 5.32 Å². The quantitative estimate of drug-likeness (QED) is 0.777. The molecule has 0 saturated carbocycles. The van der Waals surface area contributed by atoms with E-state index in [9.17, 15) is 14.4 Å². The Morgan fingerprint density at radius 2 is 1.93 bits per heavy atom. The molecule has 0 unspecified atom stereocenters. The van der Waals surface area contributed by atoms with Crippen molar-refractivity contribution in [2.75, 3.05) is 12.3 Å². The minimum absolute atomic E-state index is 0.0448. The highest BCUT2D eigenvalue weighted by Crippen LogP contribution is 2.36. The topological polar surface area (TPSA) is 66.5 Å². The van der Waals surface area contributed by atoms with Gasteiger partial charge in [-0.15, -0.1) is 11.8 Å². The summed E-state index contributed by atoms with van der Waals surface area (Å²) in [5.74, 6) is 0.161. The van der Waals surface area contributed by atoms with Crippen molar-refractivity contribution >= 4 is 29.5 Å². The summed E-state index contributed by atoms with van der Waals surface area (Å²) in [6, 6.07) is 12.8. The first-order chi connectivity index (χ1) is 13.6. The molecule has 0 fully saturated rings. The predicted molar refractivity (Wildman–Crippen MR) is 109 cm³/mol. The largest absolute Gasteiger partial charge is 0.345 e. The van der Waals surface area contributed by atoms with Crippen molar-refractivity contribution in [2.45, 2.75) is 37.1 Å². The maximum Gasteiger partial charge on any atom is 0.261 e. The molecule has 2 aliphatic heterocycles. The van der Waals surface area contributed by atoms with Gasteiger partial charge in [0.25, 0.3) is 17.7 Å². The van der Waals surface area contributed by atoms with Crippen molar-refractivity contribution in [3.05, 3.63) is 64.7 Å². The molecule has 2 aromatic rings. The number of amides is 3. The van der Waals surface area contributed by atoms with E-state index >= 15 is 0 Å². The van der Waals surface area contributed by atoms with Crippen molar-refractivity contribution in [1.29, 1.82) is 0 Å². The summed E-state index contributed by atoms with van der Waals surface area (Å²) in [5, 5.41) is 3.09. The van der Waals surface area contributed by atoms with Gasteiger partial charge in [0.2, 0.25) is 0 Å². The lowest BCUT2D eigenvalue weighted by Crippen LogP contribution is -2.31. The van der Waals surface area contributed by atoms with E-state index in [-0.39, 0.29) is 23.8 Å². The Morgan fingerprint density at radius 1 is 1.14 bits per heavy atom. The van der Waals surface area contributed by atoms with Crippen molar-refractivity contribution in [2.24, 2.45) is 0 Å². The minimum Gasteiger partial charge on any atom is -0.345 e. The van der Waals surface area contributed by atoms with Crippen LogP contribution in [0.2, 0.25) is 0 Å². The number of unbranched alkanes of at least 4 members (excludes halogenated alkanes) is 1. The number of rotatable bonds is 5. The molecule has 144 valence electrons. The van der Waals surface area contributed by atoms with Crippen LogP contribution in [0, 0.1) is 0 Å². The summed E-state index contributed by atoms with van der Waals surface area (Å²) >= 11 is 1.80. The zero-order chi connectivity index (χ0) is 19.7. The zero-order valence-electron chi connectivity index (χ0n) is 15.7. The van der Waals surface area contributed by atoms with Gasteiger partial charge in [0.1, 0.15) is 0 Å². The number of nitrogens with zero attached hydrogens (tertiary/aromatic N) is 1. The second kappa shape index (κ2) is 7.80. The predicted octanol–water partition coefficient (Wildman–Crippen LogP) is 4.05. The normalized spacial score (nSPS) is 18.0. The average molecular weight is 394 g/mol. The van der Waals surface area contributed by atoms with Crippen LogP contribution in [0.3, 0.4) is 0 Å². The fourth-order valence-corrected chi connectivity index (χ4v) is 4.81. The molecule has 2 aliphatic rings. The van der Waals surface area contributed by atoms with Gasteiger partial charge in [-0.25, -0.2) is 0 Å². The summed E-state index contributed by atoms with van der Waals surface area (Å²) < 4.78 is 0. The molecule has 6 heteroatoms. The highest BCUT2D eigenvalue weighted by atomic mass is 32.2. The second-order valence-electron chi connectivity index (χ2n) is 7.08. The van der Waals surface area contributed by atoms with Gasteiger partial charge in [-0.1, -0.05) is 31.5 Å². The molecule has 0 saturated heterocycles. The van der Waals surface area contributed by atoms with E-state index in [0.29, 0.717) is 23.2 Å². The summed E-state index contributed by atoms with van der Waals surface area (Å²) in [7, 11) is 0. The van der Waals surface area contributed by atoms with Crippen LogP contribution in [0.25, 0.3) is 0 Å². The Morgan fingerprint density at radius 3 is 2.75 bits per heavy atom. The Kier molecular flexibility index (Phi) is 5.22. The van der Waals surface area contributed by atoms with Gasteiger partial charge in [-0.3, -0.25) is 19.3 Å². The van der Waals surface area contributed by atoms with Gasteiger partial charge in [-0.05, 0) is 42.7 Å². The monoisotopic (exact) mass is 394 g/mol. The summed E-state index contributed by atoms with van der Waals surface area (Å²) in [6.45, 7) is 2.43. The number of carbonyl (C=O) groups excluding carboxylic acids is 3. The van der Waals surface area contributed by atoms with Crippen molar-refractivity contribution in [3.63, 3.8) is 0 Å². The van der Waals surface area contributed by atoms with Crippen LogP contribution in [-0.2, 0) is 0 Å². The molecule has 0 bridgehead atoms. The number of nitrogens with one attached hydrogen (secondary N) is 1. The molecular formula is C22H22N2O3S. The van der Waals surface area contributed by atoms with Gasteiger partial charge in [0, 0.05) is 22.8 Å². The molecule has 0 aromatic heterocycles. The molecule has 2 heterocycles. The summed E-state index contributed by atoms with van der Waals surface area (Å²) in [4.78, 5) is 40.4. The highest BCUT2D eigenvalue weighted by Gasteiger charge is 2.35. The van der Waals surface area contributed by atoms with Gasteiger partial charge >= 0.3 is 0 Å². The van der Waals surface area contributed by atoms with E-state index in [2.05, 4.69) is 11.4 Å². The van der Waals surface area contributed by atoms with Crippen LogP contribution in [0.5, 0.6) is 0 Å². The Balaban J connectivity index is 1.54. The fourth-order valence-electron chi connectivity index (χ4n) is 3.68. The van der Waals surface area contributed by atoms with E-state index < -0.39 is 0 Å². The molecule has 4 rings (SSSR count). The van der Waals surface area contributed by atoms with Crippen molar-refractivity contribution in [3.8, 4) is 0 Å². The van der Waals surface area contributed by atoms with Gasteiger partial charge in [0.05, 0.1) is 17.2 Å². The fraction of sp³-hybridized carbons (Fsp3) is 0.318. The number of imide groups is 1. The first-order valence-electron chi connectivity index (χ1n) is 9.63. The molecule has 3 amide bonds. The molecule has 2 aromatic carbocycles. The summed E-state index contributed by atoms with van der Waals surface area (Å²) in [6.07, 6.45) is 2.54. The molecule has 0 aliphatic carbocycles. The minimum atomic E-state index is -0.303. The van der Waals surface area contributed by atoms with E-state index in [1.165, 1.54) is 9.80 Å². The molecule has 1 atom stereocenters. The highest BCUT2D eigenvalue weighted by molar-refractivity contribution is 7.99. The van der Waals surface area contributed by atoms with E-state index in [1.807, 2.05) is 25.1 Å². The van der Waals surface area contributed by atoms with Gasteiger partial charge in [0.15, 0.2) is 0 Å². The number of hydrogen-bond acceptors (Lipinski definition) is 4. The third-order valence-corrected chi connectivity index (χ3v) is 6.35. The molecule has 1 N–H and O–H groups in total. The van der Waals surface area contributed by atoms with Gasteiger partial charge in [-0.2, -0.15) is 0 Å². The van der Waals surface area contributed by atoms with Crippen LogP contribution in [0.1, 0.15) is 68.9 Å². The number of carbonyl (C=O) groups is 3. The van der Waals surface area contributed by atoms with E-state index in [1.54, 1.807) is 30.0 Å². The average Bonchev–Trinajstić information content (AvgIpc) is 2.96. The number of fused-ring (bicyclic) bond motifs is 2. The standard InChI is InChI=1S/C22H22N2O3S/c1-2-3-11-24-21(26)15-9-8-14(13-17(15)22(24)27)20(25)23-18-10-12-28-19-7-5-4-6-16(18)19/h4-9,13,18H,2-3,10-12H2,1H3,(H,23,25)/t18-/m0/s1. The SMILES string of the molecule is CCCCN1C(=O)c2ccc(C(=O)N[C@H]3CCSc4ccccc43)cc2C1=O. The maximum atomic E-state index is 12.8. The molecule has 28 heavy (non-hydrogen) atoms. The molecule has 0 radical (unpaired) electrons. The van der Waals surface area contributed by atoms with Crippen LogP contribution < -0.4 is 5.32 Å². The Hall–Kier alpha value is -2.60. The number of thioether (sulfide) groups is 1. The summed E-state index contributed by atoms with van der Waals surface area (Å²) in [5.41, 5.74) is 2.25. The smallest absolute Gasteiger partial charge is 0.261 e. The first-order valence-corrected chi connectivity index (χ1v) is 10.6. The Bertz CT molecular complexity index is 957. The molecule has 5 nitrogen and oxygen atoms in total. The lowest BCUT2D eigenvalue weighted by Gasteiger charge is -2.26. The van der Waals surface area contributed by atoms with Crippen LogP contribution in [-0.4, -0.2) is 34.9 Å². The first kappa shape index (κ1) is 18.7. The molecular weight excluding hydrogens is 372 g/mol. The van der Waals surface area contributed by atoms with E-state index in [0.717, 1.165) is 30.6 Å². The van der Waals surface area contributed by atoms with Crippen molar-refractivity contribution < 1.29 is 14.4 Å².